The molecular formula is C23H26N6OS. The third kappa shape index (κ3) is 5.03. The first-order chi connectivity index (χ1) is 15.2. The van der Waals surface area contributed by atoms with Gasteiger partial charge in [0, 0.05) is 5.56 Å². The Kier molecular flexibility index (Phi) is 6.79. The number of nitrogens with zero attached hydrogens (tertiary/aromatic N) is 6. The van der Waals surface area contributed by atoms with E-state index in [9.17, 15) is 0 Å². The van der Waals surface area contributed by atoms with Gasteiger partial charge in [0.2, 0.25) is 11.8 Å². The number of hydrogen-bond acceptors (Lipinski definition) is 7. The molecule has 4 rings (SSSR count). The molecule has 0 spiro atoms. The second kappa shape index (κ2) is 9.89. The van der Waals surface area contributed by atoms with Crippen LogP contribution in [0.1, 0.15) is 36.7 Å². The quantitative estimate of drug-likeness (QED) is 0.354. The van der Waals surface area contributed by atoms with Crippen molar-refractivity contribution in [3.63, 3.8) is 0 Å². The Morgan fingerprint density at radius 1 is 0.935 bits per heavy atom. The molecule has 0 fully saturated rings. The predicted molar refractivity (Wildman–Crippen MR) is 122 cm³/mol. The molecule has 2 aromatic heterocycles. The van der Waals surface area contributed by atoms with Gasteiger partial charge in [0.1, 0.15) is 0 Å². The van der Waals surface area contributed by atoms with Crippen molar-refractivity contribution in [1.82, 2.24) is 29.9 Å². The van der Waals surface area contributed by atoms with Gasteiger partial charge in [-0.2, -0.15) is 0 Å². The molecule has 0 radical (unpaired) electrons. The largest absolute Gasteiger partial charge is 0.420 e. The summed E-state index contributed by atoms with van der Waals surface area (Å²) in [6, 6.07) is 20.4. The van der Waals surface area contributed by atoms with Crippen LogP contribution in [0, 0.1) is 0 Å². The predicted octanol–water partition coefficient (Wildman–Crippen LogP) is 4.68. The molecule has 0 aliphatic carbocycles. The fourth-order valence-electron chi connectivity index (χ4n) is 3.48. The van der Waals surface area contributed by atoms with E-state index >= 15 is 0 Å². The summed E-state index contributed by atoms with van der Waals surface area (Å²) < 4.78 is 8.05. The van der Waals surface area contributed by atoms with Gasteiger partial charge in [-0.05, 0) is 38.2 Å². The van der Waals surface area contributed by atoms with Crippen LogP contribution in [0.2, 0.25) is 0 Å². The lowest BCUT2D eigenvalue weighted by molar-refractivity contribution is 0.272. The van der Waals surface area contributed by atoms with Gasteiger partial charge in [-0.15, -0.1) is 20.4 Å². The summed E-state index contributed by atoms with van der Waals surface area (Å²) in [7, 11) is 4.15. The molecule has 1 atom stereocenters. The van der Waals surface area contributed by atoms with Crippen molar-refractivity contribution in [2.45, 2.75) is 36.8 Å². The van der Waals surface area contributed by atoms with Crippen molar-refractivity contribution in [3.8, 4) is 11.5 Å². The highest BCUT2D eigenvalue weighted by molar-refractivity contribution is 7.98. The summed E-state index contributed by atoms with van der Waals surface area (Å²) in [5.41, 5.74) is 2.13. The molecular weight excluding hydrogens is 408 g/mol. The van der Waals surface area contributed by atoms with E-state index in [0.717, 1.165) is 29.5 Å². The standard InChI is InChI=1S/C23H26N6OS/c1-4-19(28(2)3)21-25-27-23(29(21)15-17-11-7-5-8-12-17)31-16-20-24-26-22(30-20)18-13-9-6-10-14-18/h5-14,19H,4,15-16H2,1-3H3/t19-/m0/s1. The van der Waals surface area contributed by atoms with Crippen LogP contribution in [-0.2, 0) is 12.3 Å². The minimum atomic E-state index is 0.193. The van der Waals surface area contributed by atoms with Crippen molar-refractivity contribution in [3.05, 3.63) is 77.9 Å². The van der Waals surface area contributed by atoms with Gasteiger partial charge in [0.15, 0.2) is 11.0 Å². The van der Waals surface area contributed by atoms with Gasteiger partial charge in [-0.3, -0.25) is 4.90 Å². The summed E-state index contributed by atoms with van der Waals surface area (Å²) in [6.45, 7) is 2.89. The zero-order valence-corrected chi connectivity index (χ0v) is 18.8. The number of benzene rings is 2. The number of aromatic nitrogens is 5. The van der Waals surface area contributed by atoms with Crippen LogP contribution in [0.3, 0.4) is 0 Å². The number of hydrogen-bond donors (Lipinski definition) is 0. The summed E-state index contributed by atoms with van der Waals surface area (Å²) in [5, 5.41) is 18.3. The van der Waals surface area contributed by atoms with Crippen molar-refractivity contribution < 1.29 is 4.42 Å². The molecule has 8 heteroatoms. The van der Waals surface area contributed by atoms with Crippen molar-refractivity contribution >= 4 is 11.8 Å². The number of rotatable bonds is 9. The van der Waals surface area contributed by atoms with Crippen LogP contribution < -0.4 is 0 Å². The SMILES string of the molecule is CC[C@@H](c1nnc(SCc2nnc(-c3ccccc3)o2)n1Cc1ccccc1)N(C)C. The molecule has 0 bridgehead atoms. The second-order valence-electron chi connectivity index (χ2n) is 7.46. The summed E-state index contributed by atoms with van der Waals surface area (Å²) in [6.07, 6.45) is 0.953. The van der Waals surface area contributed by atoms with Crippen LogP contribution in [0.25, 0.3) is 11.5 Å². The molecule has 0 unspecified atom stereocenters. The van der Waals surface area contributed by atoms with Crippen molar-refractivity contribution in [2.75, 3.05) is 14.1 Å². The van der Waals surface area contributed by atoms with E-state index in [-0.39, 0.29) is 6.04 Å². The monoisotopic (exact) mass is 434 g/mol. The van der Waals surface area contributed by atoms with E-state index in [2.05, 4.69) is 75.1 Å². The van der Waals surface area contributed by atoms with Crippen LogP contribution in [-0.4, -0.2) is 44.0 Å². The molecule has 31 heavy (non-hydrogen) atoms. The zero-order valence-electron chi connectivity index (χ0n) is 18.0. The molecule has 0 N–H and O–H groups in total. The molecule has 2 heterocycles. The Bertz CT molecular complexity index is 1090. The van der Waals surface area contributed by atoms with Gasteiger partial charge in [0.05, 0.1) is 18.3 Å². The summed E-state index contributed by atoms with van der Waals surface area (Å²) in [4.78, 5) is 2.18. The zero-order chi connectivity index (χ0) is 21.6. The minimum Gasteiger partial charge on any atom is -0.420 e. The Morgan fingerprint density at radius 3 is 2.32 bits per heavy atom. The lowest BCUT2D eigenvalue weighted by Gasteiger charge is -2.23. The lowest BCUT2D eigenvalue weighted by atomic mass is 10.2. The lowest BCUT2D eigenvalue weighted by Crippen LogP contribution is -2.23. The molecule has 0 amide bonds. The van der Waals surface area contributed by atoms with Gasteiger partial charge >= 0.3 is 0 Å². The molecule has 160 valence electrons. The van der Waals surface area contributed by atoms with E-state index in [1.165, 1.54) is 5.56 Å². The van der Waals surface area contributed by atoms with Gasteiger partial charge in [0.25, 0.3) is 0 Å². The van der Waals surface area contributed by atoms with E-state index in [1.807, 2.05) is 36.4 Å². The normalized spacial score (nSPS) is 12.4. The van der Waals surface area contributed by atoms with Crippen LogP contribution >= 0.6 is 11.8 Å². The van der Waals surface area contributed by atoms with Gasteiger partial charge in [-0.25, -0.2) is 0 Å². The third-order valence-corrected chi connectivity index (χ3v) is 6.00. The van der Waals surface area contributed by atoms with Crippen molar-refractivity contribution in [2.24, 2.45) is 0 Å². The minimum absolute atomic E-state index is 0.193. The Balaban J connectivity index is 1.56. The molecule has 0 saturated heterocycles. The van der Waals surface area contributed by atoms with E-state index in [0.29, 0.717) is 17.5 Å². The summed E-state index contributed by atoms with van der Waals surface area (Å²) >= 11 is 1.56. The summed E-state index contributed by atoms with van der Waals surface area (Å²) in [5.74, 6) is 2.60. The van der Waals surface area contributed by atoms with Gasteiger partial charge in [-0.1, -0.05) is 67.2 Å². The molecule has 7 nitrogen and oxygen atoms in total. The number of thioether (sulfide) groups is 1. The maximum Gasteiger partial charge on any atom is 0.247 e. The molecule has 0 saturated carbocycles. The first kappa shape index (κ1) is 21.3. The van der Waals surface area contributed by atoms with Gasteiger partial charge < -0.3 is 8.98 Å². The Morgan fingerprint density at radius 2 is 1.65 bits per heavy atom. The van der Waals surface area contributed by atoms with Crippen LogP contribution in [0.15, 0.2) is 70.2 Å². The molecule has 0 aliphatic heterocycles. The Hall–Kier alpha value is -2.97. The maximum absolute atomic E-state index is 5.85. The average Bonchev–Trinajstić information content (AvgIpc) is 3.42. The highest BCUT2D eigenvalue weighted by atomic mass is 32.2. The molecule has 2 aromatic carbocycles. The maximum atomic E-state index is 5.85. The topological polar surface area (TPSA) is 72.9 Å². The third-order valence-electron chi connectivity index (χ3n) is 5.05. The smallest absolute Gasteiger partial charge is 0.247 e. The fourth-order valence-corrected chi connectivity index (χ4v) is 4.26. The van der Waals surface area contributed by atoms with Crippen molar-refractivity contribution in [1.29, 1.82) is 0 Å². The highest BCUT2D eigenvalue weighted by Gasteiger charge is 2.22. The first-order valence-corrected chi connectivity index (χ1v) is 11.3. The van der Waals surface area contributed by atoms with Crippen LogP contribution in [0.5, 0.6) is 0 Å². The fraction of sp³-hybridized carbons (Fsp3) is 0.304. The van der Waals surface area contributed by atoms with E-state index in [1.54, 1.807) is 11.8 Å². The van der Waals surface area contributed by atoms with E-state index in [4.69, 9.17) is 4.42 Å². The molecule has 0 aliphatic rings. The second-order valence-corrected chi connectivity index (χ2v) is 8.40. The molecule has 4 aromatic rings. The highest BCUT2D eigenvalue weighted by Crippen LogP contribution is 2.28. The van der Waals surface area contributed by atoms with E-state index < -0.39 is 0 Å². The Labute approximate surface area is 186 Å². The average molecular weight is 435 g/mol. The van der Waals surface area contributed by atoms with Crippen LogP contribution in [0.4, 0.5) is 0 Å². The first-order valence-electron chi connectivity index (χ1n) is 10.3.